The lowest BCUT2D eigenvalue weighted by molar-refractivity contribution is -0.137. The zero-order valence-electron chi connectivity index (χ0n) is 8.73. The van der Waals surface area contributed by atoms with Crippen LogP contribution in [0, 0.1) is 18.3 Å². The van der Waals surface area contributed by atoms with E-state index in [-0.39, 0.29) is 11.1 Å². The van der Waals surface area contributed by atoms with Gasteiger partial charge in [-0.3, -0.25) is 4.79 Å². The Kier molecular flexibility index (Phi) is 3.79. The number of nitrogens with zero attached hydrogens (tertiary/aromatic N) is 1. The Morgan fingerprint density at radius 2 is 2.06 bits per heavy atom. The summed E-state index contributed by atoms with van der Waals surface area (Å²) in [5, 5.41) is 8.72. The summed E-state index contributed by atoms with van der Waals surface area (Å²) in [6.07, 6.45) is -4.64. The molecule has 17 heavy (non-hydrogen) atoms. The van der Waals surface area contributed by atoms with E-state index in [2.05, 4.69) is 0 Å². The average Bonchev–Trinajstić information content (AvgIpc) is 2.26. The molecular formula is C11H7ClF3NO. The van der Waals surface area contributed by atoms with Crippen LogP contribution in [0.5, 0.6) is 0 Å². The summed E-state index contributed by atoms with van der Waals surface area (Å²) in [6.45, 7) is 1.30. The van der Waals surface area contributed by atoms with Gasteiger partial charge >= 0.3 is 6.18 Å². The molecule has 90 valence electrons. The third kappa shape index (κ3) is 2.59. The van der Waals surface area contributed by atoms with E-state index in [4.69, 9.17) is 16.9 Å². The van der Waals surface area contributed by atoms with Gasteiger partial charge in [-0.05, 0) is 24.6 Å². The molecule has 0 bridgehead atoms. The van der Waals surface area contributed by atoms with Crippen LogP contribution in [0.4, 0.5) is 13.2 Å². The van der Waals surface area contributed by atoms with Crippen molar-refractivity contribution in [2.75, 3.05) is 5.88 Å². The lowest BCUT2D eigenvalue weighted by Gasteiger charge is -2.14. The Balaban J connectivity index is 3.60. The first-order chi connectivity index (χ1) is 7.82. The molecule has 1 aromatic rings. The number of rotatable bonds is 2. The molecule has 0 radical (unpaired) electrons. The molecule has 0 saturated heterocycles. The summed E-state index contributed by atoms with van der Waals surface area (Å²) in [5.41, 5.74) is -1.54. The van der Waals surface area contributed by atoms with Crippen LogP contribution in [0.3, 0.4) is 0 Å². The summed E-state index contributed by atoms with van der Waals surface area (Å²) in [5.74, 6) is -1.40. The molecule has 1 rings (SSSR count). The Hall–Kier alpha value is -1.54. The van der Waals surface area contributed by atoms with Crippen molar-refractivity contribution >= 4 is 17.4 Å². The van der Waals surface area contributed by atoms with Gasteiger partial charge in [0.25, 0.3) is 0 Å². The monoisotopic (exact) mass is 261 g/mol. The number of alkyl halides is 4. The van der Waals surface area contributed by atoms with Crippen LogP contribution in [0.15, 0.2) is 12.1 Å². The molecule has 0 unspecified atom stereocenters. The topological polar surface area (TPSA) is 40.9 Å². The van der Waals surface area contributed by atoms with Crippen LogP contribution < -0.4 is 0 Å². The fraction of sp³-hybridized carbons (Fsp3) is 0.273. The molecule has 1 aromatic carbocycles. The first kappa shape index (κ1) is 13.5. The molecule has 0 heterocycles. The molecule has 6 heteroatoms. The third-order valence-corrected chi connectivity index (χ3v) is 2.53. The van der Waals surface area contributed by atoms with Crippen LogP contribution in [-0.2, 0) is 6.18 Å². The number of carbonyl (C=O) groups excluding carboxylic acids is 1. The van der Waals surface area contributed by atoms with Crippen molar-refractivity contribution in [2.45, 2.75) is 13.1 Å². The first-order valence-electron chi connectivity index (χ1n) is 4.53. The maximum Gasteiger partial charge on any atom is 0.417 e. The van der Waals surface area contributed by atoms with Crippen molar-refractivity contribution in [1.29, 1.82) is 5.26 Å². The van der Waals surface area contributed by atoms with Crippen LogP contribution in [0.25, 0.3) is 0 Å². The first-order valence-corrected chi connectivity index (χ1v) is 5.06. The van der Waals surface area contributed by atoms with Crippen LogP contribution in [0.1, 0.15) is 27.0 Å². The van der Waals surface area contributed by atoms with Crippen molar-refractivity contribution in [1.82, 2.24) is 0 Å². The second-order valence-corrected chi connectivity index (χ2v) is 3.59. The van der Waals surface area contributed by atoms with Crippen molar-refractivity contribution in [2.24, 2.45) is 0 Å². The number of ketones is 1. The molecule has 0 spiro atoms. The van der Waals surface area contributed by atoms with E-state index in [1.165, 1.54) is 6.92 Å². The minimum Gasteiger partial charge on any atom is -0.293 e. The highest BCUT2D eigenvalue weighted by Crippen LogP contribution is 2.34. The average molecular weight is 262 g/mol. The molecule has 0 amide bonds. The van der Waals surface area contributed by atoms with E-state index in [0.29, 0.717) is 0 Å². The molecule has 0 aliphatic carbocycles. The molecule has 0 N–H and O–H groups in total. The Bertz CT molecular complexity index is 503. The second kappa shape index (κ2) is 4.76. The van der Waals surface area contributed by atoms with E-state index in [9.17, 15) is 18.0 Å². The number of Topliss-reactive ketones (excluding diaryl/α,β-unsaturated/α-hetero) is 1. The lowest BCUT2D eigenvalue weighted by atomic mass is 9.94. The standard InChI is InChI=1S/C11H7ClF3NO/c1-6-7(5-16)2-3-8(11(13,14)15)10(6)9(17)4-12/h2-3H,4H2,1H3. The van der Waals surface area contributed by atoms with E-state index >= 15 is 0 Å². The van der Waals surface area contributed by atoms with Crippen LogP contribution >= 0.6 is 11.6 Å². The molecule has 0 aliphatic rings. The Morgan fingerprint density at radius 3 is 2.47 bits per heavy atom. The number of hydrogen-bond acceptors (Lipinski definition) is 2. The minimum atomic E-state index is -4.64. The maximum absolute atomic E-state index is 12.7. The molecule has 0 aliphatic heterocycles. The van der Waals surface area contributed by atoms with Gasteiger partial charge in [-0.2, -0.15) is 18.4 Å². The zero-order valence-corrected chi connectivity index (χ0v) is 9.49. The lowest BCUT2D eigenvalue weighted by Crippen LogP contribution is -2.16. The van der Waals surface area contributed by atoms with Gasteiger partial charge in [-0.1, -0.05) is 0 Å². The molecule has 2 nitrogen and oxygen atoms in total. The van der Waals surface area contributed by atoms with Crippen LogP contribution in [0.2, 0.25) is 0 Å². The summed E-state index contributed by atoms with van der Waals surface area (Å²) < 4.78 is 38.0. The third-order valence-electron chi connectivity index (χ3n) is 2.29. The van der Waals surface area contributed by atoms with Crippen molar-refractivity contribution < 1.29 is 18.0 Å². The number of carbonyl (C=O) groups is 1. The van der Waals surface area contributed by atoms with Crippen molar-refractivity contribution in [3.8, 4) is 6.07 Å². The summed E-state index contributed by atoms with van der Waals surface area (Å²) in [6, 6.07) is 3.50. The van der Waals surface area contributed by atoms with Gasteiger partial charge in [0.15, 0.2) is 5.78 Å². The molecule has 0 aromatic heterocycles. The van der Waals surface area contributed by atoms with Crippen molar-refractivity contribution in [3.63, 3.8) is 0 Å². The zero-order chi connectivity index (χ0) is 13.2. The highest BCUT2D eigenvalue weighted by atomic mass is 35.5. The highest BCUT2D eigenvalue weighted by molar-refractivity contribution is 6.30. The molecule has 0 fully saturated rings. The van der Waals surface area contributed by atoms with Gasteiger partial charge in [-0.25, -0.2) is 0 Å². The SMILES string of the molecule is Cc1c(C#N)ccc(C(F)(F)F)c1C(=O)CCl. The van der Waals surface area contributed by atoms with E-state index in [1.807, 2.05) is 0 Å². The smallest absolute Gasteiger partial charge is 0.293 e. The minimum absolute atomic E-state index is 0.00738. The number of benzene rings is 1. The van der Waals surface area contributed by atoms with Gasteiger partial charge < -0.3 is 0 Å². The van der Waals surface area contributed by atoms with E-state index in [1.54, 1.807) is 6.07 Å². The quantitative estimate of drug-likeness (QED) is 0.605. The number of nitriles is 1. The second-order valence-electron chi connectivity index (χ2n) is 3.33. The number of hydrogen-bond donors (Lipinski definition) is 0. The normalized spacial score (nSPS) is 11.1. The van der Waals surface area contributed by atoms with E-state index in [0.717, 1.165) is 12.1 Å². The highest BCUT2D eigenvalue weighted by Gasteiger charge is 2.36. The Labute approximate surface area is 101 Å². The van der Waals surface area contributed by atoms with Crippen LogP contribution in [-0.4, -0.2) is 11.7 Å². The van der Waals surface area contributed by atoms with Gasteiger partial charge in [0.1, 0.15) is 0 Å². The largest absolute Gasteiger partial charge is 0.417 e. The predicted octanol–water partition coefficient (Wildman–Crippen LogP) is 3.31. The van der Waals surface area contributed by atoms with Gasteiger partial charge in [0.05, 0.1) is 23.1 Å². The maximum atomic E-state index is 12.7. The van der Waals surface area contributed by atoms with Crippen molar-refractivity contribution in [3.05, 3.63) is 34.4 Å². The van der Waals surface area contributed by atoms with Gasteiger partial charge in [-0.15, -0.1) is 11.6 Å². The molecule has 0 atom stereocenters. The van der Waals surface area contributed by atoms with E-state index < -0.39 is 29.0 Å². The fourth-order valence-electron chi connectivity index (χ4n) is 1.50. The van der Waals surface area contributed by atoms with Gasteiger partial charge in [0.2, 0.25) is 0 Å². The summed E-state index contributed by atoms with van der Waals surface area (Å²) >= 11 is 5.28. The molecular weight excluding hydrogens is 255 g/mol. The predicted molar refractivity (Wildman–Crippen MR) is 55.9 cm³/mol. The van der Waals surface area contributed by atoms with Gasteiger partial charge in [0, 0.05) is 5.56 Å². The Morgan fingerprint density at radius 1 is 1.47 bits per heavy atom. The molecule has 0 saturated carbocycles. The number of halogens is 4. The fourth-order valence-corrected chi connectivity index (χ4v) is 1.63. The summed E-state index contributed by atoms with van der Waals surface area (Å²) in [4.78, 5) is 11.4. The summed E-state index contributed by atoms with van der Waals surface area (Å²) in [7, 11) is 0.